The molecule has 29 heavy (non-hydrogen) atoms. The van der Waals surface area contributed by atoms with E-state index in [4.69, 9.17) is 26.6 Å². The van der Waals surface area contributed by atoms with Gasteiger partial charge in [-0.1, -0.05) is 44.0 Å². The number of methoxy groups -OCH3 is 1. The maximum atomic E-state index is 9.55. The lowest BCUT2D eigenvalue weighted by Gasteiger charge is -2.49. The topological polar surface area (TPSA) is 95.9 Å². The molecule has 2 rings (SSSR count). The zero-order valence-electron chi connectivity index (χ0n) is 17.4. The highest BCUT2D eigenvalue weighted by Gasteiger charge is 2.45. The van der Waals surface area contributed by atoms with Crippen LogP contribution in [0.4, 0.5) is 0 Å². The smallest absolute Gasteiger partial charge is 0.328 e. The minimum absolute atomic E-state index is 0.280. The lowest BCUT2D eigenvalue weighted by atomic mass is 9.59. The summed E-state index contributed by atoms with van der Waals surface area (Å²) in [6.07, 6.45) is 6.18. The number of hydrogen-bond acceptors (Lipinski definition) is 4. The molecule has 0 spiro atoms. The molecule has 0 aliphatic heterocycles. The molecule has 1 fully saturated rings. The first-order chi connectivity index (χ1) is 13.7. The van der Waals surface area contributed by atoms with E-state index in [1.807, 2.05) is 12.1 Å². The van der Waals surface area contributed by atoms with E-state index in [1.165, 1.54) is 31.2 Å². The van der Waals surface area contributed by atoms with Crippen LogP contribution in [0.1, 0.15) is 45.1 Å². The lowest BCUT2D eigenvalue weighted by Crippen LogP contribution is -2.54. The molecule has 0 saturated heterocycles. The van der Waals surface area contributed by atoms with Gasteiger partial charge in [0.15, 0.2) is 0 Å². The average molecular weight is 426 g/mol. The highest BCUT2D eigenvalue weighted by Crippen LogP contribution is 2.48. The second-order valence-corrected chi connectivity index (χ2v) is 8.09. The normalized spacial score (nSPS) is 16.0. The van der Waals surface area contributed by atoms with Gasteiger partial charge in [-0.05, 0) is 42.9 Å². The van der Waals surface area contributed by atoms with Gasteiger partial charge in [0, 0.05) is 42.3 Å². The standard InChI is InChI=1S/C18H28ClNO.C4H4O4/c1-14(2)13-17(20-11-12-21-3)18(9-4-10-18)15-5-7-16(19)8-6-15;5-3(6)1-2-4(7)8/h5-8,14,17,20H,4,9-13H2,1-3H3;1-2H,(H,5,6)(H,7,8)/b;2-1-. The van der Waals surface area contributed by atoms with E-state index in [-0.39, 0.29) is 5.41 Å². The van der Waals surface area contributed by atoms with Gasteiger partial charge in [-0.3, -0.25) is 0 Å². The number of aliphatic carboxylic acids is 2. The lowest BCUT2D eigenvalue weighted by molar-refractivity contribution is -0.134. The predicted octanol–water partition coefficient (Wildman–Crippen LogP) is 4.12. The molecule has 0 aromatic heterocycles. The van der Waals surface area contributed by atoms with E-state index >= 15 is 0 Å². The van der Waals surface area contributed by atoms with Gasteiger partial charge in [-0.2, -0.15) is 0 Å². The Morgan fingerprint density at radius 2 is 1.72 bits per heavy atom. The van der Waals surface area contributed by atoms with Crippen molar-refractivity contribution in [1.29, 1.82) is 0 Å². The molecular formula is C22H32ClNO5. The van der Waals surface area contributed by atoms with Crippen molar-refractivity contribution < 1.29 is 24.5 Å². The molecule has 1 aromatic carbocycles. The van der Waals surface area contributed by atoms with Crippen molar-refractivity contribution in [1.82, 2.24) is 5.32 Å². The summed E-state index contributed by atoms with van der Waals surface area (Å²) in [5.41, 5.74) is 1.72. The Kier molecular flexibility index (Phi) is 10.9. The third kappa shape index (κ3) is 8.56. The van der Waals surface area contributed by atoms with Gasteiger partial charge in [-0.15, -0.1) is 0 Å². The summed E-state index contributed by atoms with van der Waals surface area (Å²) >= 11 is 6.06. The quantitative estimate of drug-likeness (QED) is 0.385. The SMILES string of the molecule is COCCNC(CC(C)C)C1(c2ccc(Cl)cc2)CCC1.O=C(O)/C=C\C(=O)O. The van der Waals surface area contributed by atoms with Gasteiger partial charge in [0.2, 0.25) is 0 Å². The monoisotopic (exact) mass is 425 g/mol. The molecule has 1 saturated carbocycles. The van der Waals surface area contributed by atoms with Gasteiger partial charge in [0.25, 0.3) is 0 Å². The summed E-state index contributed by atoms with van der Waals surface area (Å²) in [6.45, 7) is 6.30. The molecular weight excluding hydrogens is 394 g/mol. The van der Waals surface area contributed by atoms with E-state index in [1.54, 1.807) is 7.11 Å². The number of benzene rings is 1. The van der Waals surface area contributed by atoms with Crippen LogP contribution < -0.4 is 5.32 Å². The van der Waals surface area contributed by atoms with Gasteiger partial charge in [0.1, 0.15) is 0 Å². The Labute approximate surface area is 177 Å². The molecule has 6 nitrogen and oxygen atoms in total. The van der Waals surface area contributed by atoms with Crippen LogP contribution in [0.15, 0.2) is 36.4 Å². The Morgan fingerprint density at radius 1 is 1.17 bits per heavy atom. The number of ether oxygens (including phenoxy) is 1. The Hall–Kier alpha value is -1.89. The highest BCUT2D eigenvalue weighted by atomic mass is 35.5. The van der Waals surface area contributed by atoms with Crippen molar-refractivity contribution in [2.45, 2.75) is 51.0 Å². The number of rotatable bonds is 10. The number of carboxylic acid groups (broad SMARTS) is 2. The molecule has 3 N–H and O–H groups in total. The molecule has 0 bridgehead atoms. The van der Waals surface area contributed by atoms with Crippen LogP contribution in [-0.4, -0.2) is 48.5 Å². The predicted molar refractivity (Wildman–Crippen MR) is 115 cm³/mol. The summed E-state index contributed by atoms with van der Waals surface area (Å²) in [4.78, 5) is 19.1. The number of hydrogen-bond donors (Lipinski definition) is 3. The zero-order valence-corrected chi connectivity index (χ0v) is 18.1. The molecule has 7 heteroatoms. The number of nitrogens with one attached hydrogen (secondary N) is 1. The molecule has 1 atom stereocenters. The van der Waals surface area contributed by atoms with E-state index in [9.17, 15) is 9.59 Å². The molecule has 0 amide bonds. The molecule has 162 valence electrons. The van der Waals surface area contributed by atoms with E-state index in [0.717, 1.165) is 18.2 Å². The first-order valence-electron chi connectivity index (χ1n) is 9.83. The van der Waals surface area contributed by atoms with Gasteiger partial charge >= 0.3 is 11.9 Å². The molecule has 0 heterocycles. The van der Waals surface area contributed by atoms with Crippen LogP contribution >= 0.6 is 11.6 Å². The van der Waals surface area contributed by atoms with Crippen LogP contribution in [0, 0.1) is 5.92 Å². The fourth-order valence-electron chi connectivity index (χ4n) is 3.63. The van der Waals surface area contributed by atoms with E-state index in [0.29, 0.717) is 24.1 Å². The van der Waals surface area contributed by atoms with Crippen molar-refractivity contribution in [3.63, 3.8) is 0 Å². The maximum Gasteiger partial charge on any atom is 0.328 e. The third-order valence-corrected chi connectivity index (χ3v) is 5.36. The van der Waals surface area contributed by atoms with Crippen molar-refractivity contribution in [3.05, 3.63) is 47.0 Å². The molecule has 1 aliphatic carbocycles. The Morgan fingerprint density at radius 3 is 2.10 bits per heavy atom. The summed E-state index contributed by atoms with van der Waals surface area (Å²) in [5.74, 6) is -1.82. The van der Waals surface area contributed by atoms with Gasteiger partial charge in [-0.25, -0.2) is 9.59 Å². The van der Waals surface area contributed by atoms with Crippen LogP contribution in [0.3, 0.4) is 0 Å². The van der Waals surface area contributed by atoms with Crippen LogP contribution in [0.25, 0.3) is 0 Å². The summed E-state index contributed by atoms with van der Waals surface area (Å²) in [6, 6.07) is 9.00. The van der Waals surface area contributed by atoms with Crippen LogP contribution in [-0.2, 0) is 19.7 Å². The first-order valence-corrected chi connectivity index (χ1v) is 10.2. The summed E-state index contributed by atoms with van der Waals surface area (Å²) in [5, 5.41) is 20.2. The minimum atomic E-state index is -1.26. The van der Waals surface area contributed by atoms with E-state index < -0.39 is 11.9 Å². The first kappa shape index (κ1) is 25.1. The fraction of sp³-hybridized carbons (Fsp3) is 0.545. The number of carboxylic acids is 2. The van der Waals surface area contributed by atoms with Crippen molar-refractivity contribution >= 4 is 23.5 Å². The second-order valence-electron chi connectivity index (χ2n) is 7.66. The van der Waals surface area contributed by atoms with Gasteiger partial charge in [0.05, 0.1) is 6.61 Å². The largest absolute Gasteiger partial charge is 0.478 e. The maximum absolute atomic E-state index is 9.55. The number of halogens is 1. The molecule has 1 aliphatic rings. The summed E-state index contributed by atoms with van der Waals surface area (Å²) in [7, 11) is 1.76. The van der Waals surface area contributed by atoms with Crippen LogP contribution in [0.2, 0.25) is 5.02 Å². The third-order valence-electron chi connectivity index (χ3n) is 5.10. The van der Waals surface area contributed by atoms with Crippen molar-refractivity contribution in [2.24, 2.45) is 5.92 Å². The highest BCUT2D eigenvalue weighted by molar-refractivity contribution is 6.30. The minimum Gasteiger partial charge on any atom is -0.478 e. The van der Waals surface area contributed by atoms with Crippen molar-refractivity contribution in [2.75, 3.05) is 20.3 Å². The number of carbonyl (C=O) groups is 2. The zero-order chi connectivity index (χ0) is 21.9. The van der Waals surface area contributed by atoms with Gasteiger partial charge < -0.3 is 20.3 Å². The van der Waals surface area contributed by atoms with Crippen molar-refractivity contribution in [3.8, 4) is 0 Å². The fourth-order valence-corrected chi connectivity index (χ4v) is 3.76. The van der Waals surface area contributed by atoms with Crippen LogP contribution in [0.5, 0.6) is 0 Å². The molecule has 0 radical (unpaired) electrons. The average Bonchev–Trinajstić information content (AvgIpc) is 2.61. The Bertz CT molecular complexity index is 652. The van der Waals surface area contributed by atoms with E-state index in [2.05, 4.69) is 31.3 Å². The Balaban J connectivity index is 0.000000447. The molecule has 1 unspecified atom stereocenters. The summed E-state index contributed by atoms with van der Waals surface area (Å²) < 4.78 is 5.20. The second kappa shape index (κ2) is 12.6. The molecule has 1 aromatic rings.